The van der Waals surface area contributed by atoms with E-state index in [2.05, 4.69) is 10.6 Å². The van der Waals surface area contributed by atoms with Crippen LogP contribution in [0.3, 0.4) is 0 Å². The molecule has 2 N–H and O–H groups in total. The molecule has 1 fully saturated rings. The van der Waals surface area contributed by atoms with E-state index in [-0.39, 0.29) is 16.7 Å². The van der Waals surface area contributed by atoms with E-state index in [4.69, 9.17) is 4.74 Å². The molecule has 0 radical (unpaired) electrons. The summed E-state index contributed by atoms with van der Waals surface area (Å²) in [5.41, 5.74) is 1.55. The third-order valence-corrected chi connectivity index (χ3v) is 3.23. The highest BCUT2D eigenvalue weighted by atomic mass is 16.6. The van der Waals surface area contributed by atoms with Crippen LogP contribution in [0.1, 0.15) is 19.3 Å². The molecule has 0 amide bonds. The monoisotopic (exact) mass is 265 g/mol. The Labute approximate surface area is 112 Å². The second-order valence-corrected chi connectivity index (χ2v) is 4.65. The van der Waals surface area contributed by atoms with Gasteiger partial charge in [-0.05, 0) is 25.3 Å². The van der Waals surface area contributed by atoms with Crippen molar-refractivity contribution in [3.8, 4) is 0 Å². The van der Waals surface area contributed by atoms with E-state index in [1.807, 2.05) is 6.07 Å². The second kappa shape index (κ2) is 6.38. The van der Waals surface area contributed by atoms with Gasteiger partial charge in [0, 0.05) is 43.7 Å². The van der Waals surface area contributed by atoms with Gasteiger partial charge in [0.15, 0.2) is 0 Å². The van der Waals surface area contributed by atoms with Gasteiger partial charge in [-0.3, -0.25) is 10.1 Å². The van der Waals surface area contributed by atoms with Crippen molar-refractivity contribution in [1.82, 2.24) is 0 Å². The fraction of sp³-hybridized carbons (Fsp3) is 0.538. The van der Waals surface area contributed by atoms with Crippen molar-refractivity contribution in [1.29, 1.82) is 0 Å². The van der Waals surface area contributed by atoms with Crippen molar-refractivity contribution in [2.75, 3.05) is 30.8 Å². The van der Waals surface area contributed by atoms with E-state index >= 15 is 0 Å². The Kier molecular flexibility index (Phi) is 4.57. The van der Waals surface area contributed by atoms with Crippen molar-refractivity contribution >= 4 is 17.1 Å². The van der Waals surface area contributed by atoms with Crippen molar-refractivity contribution in [3.63, 3.8) is 0 Å². The van der Waals surface area contributed by atoms with Crippen LogP contribution in [0, 0.1) is 10.1 Å². The van der Waals surface area contributed by atoms with E-state index in [1.54, 1.807) is 13.1 Å². The highest BCUT2D eigenvalue weighted by Gasteiger charge is 2.14. The molecule has 1 atom stereocenters. The highest BCUT2D eigenvalue weighted by Crippen LogP contribution is 2.24. The number of anilines is 2. The zero-order chi connectivity index (χ0) is 13.7. The normalized spacial score (nSPS) is 18.9. The molecule has 1 saturated heterocycles. The van der Waals surface area contributed by atoms with Gasteiger partial charge in [0.25, 0.3) is 5.69 Å². The van der Waals surface area contributed by atoms with Gasteiger partial charge >= 0.3 is 0 Å². The summed E-state index contributed by atoms with van der Waals surface area (Å²) in [5.74, 6) is 0. The van der Waals surface area contributed by atoms with Crippen LogP contribution in [0.25, 0.3) is 0 Å². The zero-order valence-electron chi connectivity index (χ0n) is 11.0. The molecule has 0 saturated carbocycles. The van der Waals surface area contributed by atoms with Crippen LogP contribution in [0.4, 0.5) is 17.1 Å². The number of non-ortho nitro benzene ring substituents is 1. The topological polar surface area (TPSA) is 76.4 Å². The van der Waals surface area contributed by atoms with Gasteiger partial charge in [0.2, 0.25) is 0 Å². The molecule has 19 heavy (non-hydrogen) atoms. The minimum absolute atomic E-state index is 0.0823. The molecule has 0 aliphatic carbocycles. The molecule has 1 aromatic rings. The van der Waals surface area contributed by atoms with E-state index < -0.39 is 0 Å². The quantitative estimate of drug-likeness (QED) is 0.632. The van der Waals surface area contributed by atoms with Gasteiger partial charge in [-0.1, -0.05) is 0 Å². The summed E-state index contributed by atoms with van der Waals surface area (Å²) in [7, 11) is 1.74. The standard InChI is InChI=1S/C13H19N3O3/c1-14-10-6-11(8-12(7-10)16(17)18)15-9-13-4-2-3-5-19-13/h6-8,13-15H,2-5,9H2,1H3. The summed E-state index contributed by atoms with van der Waals surface area (Å²) in [6.45, 7) is 1.49. The fourth-order valence-corrected chi connectivity index (χ4v) is 2.16. The zero-order valence-corrected chi connectivity index (χ0v) is 11.0. The Morgan fingerprint density at radius 3 is 2.79 bits per heavy atom. The number of benzene rings is 1. The maximum absolute atomic E-state index is 10.9. The maximum atomic E-state index is 10.9. The molecule has 1 aromatic carbocycles. The number of hydrogen-bond acceptors (Lipinski definition) is 5. The predicted octanol–water partition coefficient (Wildman–Crippen LogP) is 2.62. The van der Waals surface area contributed by atoms with Crippen LogP contribution in [-0.2, 0) is 4.74 Å². The molecular formula is C13H19N3O3. The molecule has 6 nitrogen and oxygen atoms in total. The second-order valence-electron chi connectivity index (χ2n) is 4.65. The lowest BCUT2D eigenvalue weighted by atomic mass is 10.1. The number of nitrogens with zero attached hydrogens (tertiary/aromatic N) is 1. The maximum Gasteiger partial charge on any atom is 0.273 e. The van der Waals surface area contributed by atoms with Crippen LogP contribution in [0.2, 0.25) is 0 Å². The van der Waals surface area contributed by atoms with Gasteiger partial charge in [-0.15, -0.1) is 0 Å². The van der Waals surface area contributed by atoms with Gasteiger partial charge in [0.05, 0.1) is 11.0 Å². The summed E-state index contributed by atoms with van der Waals surface area (Å²) < 4.78 is 5.62. The van der Waals surface area contributed by atoms with Gasteiger partial charge in [-0.25, -0.2) is 0 Å². The van der Waals surface area contributed by atoms with Crippen LogP contribution in [-0.4, -0.2) is 31.2 Å². The average molecular weight is 265 g/mol. The molecule has 0 spiro atoms. The first-order chi connectivity index (χ1) is 9.19. The highest BCUT2D eigenvalue weighted by molar-refractivity contribution is 5.63. The molecule has 0 bridgehead atoms. The van der Waals surface area contributed by atoms with Crippen LogP contribution in [0.5, 0.6) is 0 Å². The molecule has 6 heteroatoms. The van der Waals surface area contributed by atoms with E-state index in [0.29, 0.717) is 6.54 Å². The summed E-state index contributed by atoms with van der Waals surface area (Å²) in [6, 6.07) is 4.92. The first-order valence-electron chi connectivity index (χ1n) is 6.52. The molecule has 1 heterocycles. The van der Waals surface area contributed by atoms with Crippen molar-refractivity contribution in [2.24, 2.45) is 0 Å². The van der Waals surface area contributed by atoms with Crippen LogP contribution < -0.4 is 10.6 Å². The summed E-state index contributed by atoms with van der Waals surface area (Å²) in [5, 5.41) is 17.0. The van der Waals surface area contributed by atoms with Crippen molar-refractivity contribution in [3.05, 3.63) is 28.3 Å². The molecular weight excluding hydrogens is 246 g/mol. The summed E-state index contributed by atoms with van der Waals surface area (Å²) in [4.78, 5) is 10.5. The molecule has 104 valence electrons. The van der Waals surface area contributed by atoms with Gasteiger partial charge in [-0.2, -0.15) is 0 Å². The number of rotatable bonds is 5. The first kappa shape index (κ1) is 13.6. The molecule has 1 unspecified atom stereocenters. The summed E-state index contributed by atoms with van der Waals surface area (Å²) in [6.07, 6.45) is 3.55. The van der Waals surface area contributed by atoms with E-state index in [1.165, 1.54) is 12.5 Å². The third-order valence-electron chi connectivity index (χ3n) is 3.23. The fourth-order valence-electron chi connectivity index (χ4n) is 2.16. The van der Waals surface area contributed by atoms with Crippen LogP contribution in [0.15, 0.2) is 18.2 Å². The first-order valence-corrected chi connectivity index (χ1v) is 6.52. The lowest BCUT2D eigenvalue weighted by Crippen LogP contribution is -2.27. The number of hydrogen-bond donors (Lipinski definition) is 2. The smallest absolute Gasteiger partial charge is 0.273 e. The molecule has 2 rings (SSSR count). The minimum Gasteiger partial charge on any atom is -0.388 e. The molecule has 0 aromatic heterocycles. The molecule has 1 aliphatic rings. The van der Waals surface area contributed by atoms with Crippen molar-refractivity contribution < 1.29 is 9.66 Å². The number of nitro groups is 1. The largest absolute Gasteiger partial charge is 0.388 e. The minimum atomic E-state index is -0.386. The Bertz CT molecular complexity index is 445. The van der Waals surface area contributed by atoms with Crippen LogP contribution >= 0.6 is 0 Å². The average Bonchev–Trinajstić information content (AvgIpc) is 2.45. The van der Waals surface area contributed by atoms with Gasteiger partial charge < -0.3 is 15.4 Å². The molecule has 1 aliphatic heterocycles. The van der Waals surface area contributed by atoms with Gasteiger partial charge in [0.1, 0.15) is 0 Å². The Morgan fingerprint density at radius 2 is 2.16 bits per heavy atom. The van der Waals surface area contributed by atoms with Crippen molar-refractivity contribution in [2.45, 2.75) is 25.4 Å². The summed E-state index contributed by atoms with van der Waals surface area (Å²) >= 11 is 0. The third kappa shape index (κ3) is 3.82. The lowest BCUT2D eigenvalue weighted by molar-refractivity contribution is -0.384. The Hall–Kier alpha value is -1.82. The Balaban J connectivity index is 2.02. The van der Waals surface area contributed by atoms with E-state index in [9.17, 15) is 10.1 Å². The number of nitrogens with one attached hydrogen (secondary N) is 2. The SMILES string of the molecule is CNc1cc(NCC2CCCCO2)cc([N+](=O)[O-])c1. The number of nitro benzene ring substituents is 1. The number of ether oxygens (including phenoxy) is 1. The Morgan fingerprint density at radius 1 is 1.37 bits per heavy atom. The lowest BCUT2D eigenvalue weighted by Gasteiger charge is -2.23. The van der Waals surface area contributed by atoms with E-state index in [0.717, 1.165) is 30.8 Å². The predicted molar refractivity (Wildman–Crippen MR) is 74.7 cm³/mol.